The van der Waals surface area contributed by atoms with Crippen molar-refractivity contribution in [1.29, 1.82) is 0 Å². The zero-order valence-electron chi connectivity index (χ0n) is 13.3. The molecule has 0 radical (unpaired) electrons. The number of amides is 1. The molecule has 7 nitrogen and oxygen atoms in total. The second-order valence-corrected chi connectivity index (χ2v) is 5.75. The van der Waals surface area contributed by atoms with Gasteiger partial charge in [-0.05, 0) is 35.5 Å². The van der Waals surface area contributed by atoms with Crippen LogP contribution in [0.5, 0.6) is 0 Å². The van der Waals surface area contributed by atoms with Crippen molar-refractivity contribution in [3.63, 3.8) is 0 Å². The number of H-pyrrole nitrogens is 1. The van der Waals surface area contributed by atoms with Gasteiger partial charge in [-0.1, -0.05) is 18.2 Å². The largest absolute Gasteiger partial charge is 0.396 e. The Labute approximate surface area is 143 Å². The number of aromatic nitrogens is 3. The monoisotopic (exact) mass is 332 g/mol. The fourth-order valence-corrected chi connectivity index (χ4v) is 2.97. The lowest BCUT2D eigenvalue weighted by Gasteiger charge is -2.15. The molecule has 124 valence electrons. The number of hydrogen-bond acceptors (Lipinski definition) is 5. The van der Waals surface area contributed by atoms with E-state index in [1.165, 1.54) is 0 Å². The summed E-state index contributed by atoms with van der Waals surface area (Å²) >= 11 is 0. The number of nitrogens with zero attached hydrogens (tertiary/aromatic N) is 2. The minimum atomic E-state index is -0.653. The number of pyridine rings is 1. The van der Waals surface area contributed by atoms with E-state index in [-0.39, 0.29) is 11.4 Å². The quantitative estimate of drug-likeness (QED) is 0.582. The molecule has 3 aromatic rings. The van der Waals surface area contributed by atoms with Crippen LogP contribution in [-0.4, -0.2) is 27.6 Å². The van der Waals surface area contributed by atoms with Gasteiger partial charge in [-0.3, -0.25) is 9.89 Å². The van der Waals surface area contributed by atoms with E-state index < -0.39 is 5.91 Å². The molecule has 2 aromatic heterocycles. The maximum absolute atomic E-state index is 11.9. The third kappa shape index (κ3) is 2.51. The number of carbonyl (C=O) groups excluding carboxylic acids is 1. The molecule has 25 heavy (non-hydrogen) atoms. The van der Waals surface area contributed by atoms with Crippen LogP contribution in [0.25, 0.3) is 27.6 Å². The van der Waals surface area contributed by atoms with Crippen LogP contribution in [0.4, 0.5) is 5.69 Å². The standard InChI is InChI=1S/C18H16N6O/c19-16-12(11-4-1-5-14-13(11)9-22-24-14)7-15(23-17(16)18(20)25)10-3-2-6-21-8-10/h1-7,9,21H,8,19H2,(H2,20,25)(H,22,24). The molecule has 3 heterocycles. The van der Waals surface area contributed by atoms with Gasteiger partial charge in [0.25, 0.3) is 5.91 Å². The smallest absolute Gasteiger partial charge is 0.269 e. The normalized spacial score (nSPS) is 13.5. The number of aromatic amines is 1. The first-order valence-electron chi connectivity index (χ1n) is 7.77. The summed E-state index contributed by atoms with van der Waals surface area (Å²) in [5, 5.41) is 11.1. The highest BCUT2D eigenvalue weighted by atomic mass is 16.1. The molecule has 0 fully saturated rings. The van der Waals surface area contributed by atoms with Crippen LogP contribution in [0.2, 0.25) is 0 Å². The van der Waals surface area contributed by atoms with Crippen LogP contribution in [0.1, 0.15) is 16.2 Å². The molecule has 0 unspecified atom stereocenters. The summed E-state index contributed by atoms with van der Waals surface area (Å²) in [5.41, 5.74) is 16.2. The van der Waals surface area contributed by atoms with E-state index in [1.807, 2.05) is 42.6 Å². The average Bonchev–Trinajstić information content (AvgIpc) is 3.11. The van der Waals surface area contributed by atoms with Gasteiger partial charge < -0.3 is 16.8 Å². The van der Waals surface area contributed by atoms with Gasteiger partial charge in [-0.15, -0.1) is 0 Å². The molecule has 0 atom stereocenters. The van der Waals surface area contributed by atoms with Crippen molar-refractivity contribution in [3.8, 4) is 11.1 Å². The second kappa shape index (κ2) is 5.79. The number of carbonyl (C=O) groups is 1. The fraction of sp³-hybridized carbons (Fsp3) is 0.0556. The first-order chi connectivity index (χ1) is 12.1. The number of nitrogens with two attached hydrogens (primary N) is 2. The molecule has 1 aliphatic heterocycles. The number of dihydropyridines is 1. The van der Waals surface area contributed by atoms with Gasteiger partial charge in [-0.2, -0.15) is 5.10 Å². The molecule has 0 saturated heterocycles. The Morgan fingerprint density at radius 3 is 2.88 bits per heavy atom. The summed E-state index contributed by atoms with van der Waals surface area (Å²) in [7, 11) is 0. The van der Waals surface area contributed by atoms with Crippen LogP contribution in [0.3, 0.4) is 0 Å². The fourth-order valence-electron chi connectivity index (χ4n) is 2.97. The zero-order valence-corrected chi connectivity index (χ0v) is 13.3. The molecule has 1 aliphatic rings. The van der Waals surface area contributed by atoms with Crippen molar-refractivity contribution in [3.05, 3.63) is 60.2 Å². The minimum absolute atomic E-state index is 0.0726. The van der Waals surface area contributed by atoms with Gasteiger partial charge in [-0.25, -0.2) is 4.98 Å². The van der Waals surface area contributed by atoms with Crippen molar-refractivity contribution < 1.29 is 4.79 Å². The maximum Gasteiger partial charge on any atom is 0.269 e. The van der Waals surface area contributed by atoms with Gasteiger partial charge in [0.2, 0.25) is 0 Å². The van der Waals surface area contributed by atoms with Crippen molar-refractivity contribution in [2.75, 3.05) is 12.3 Å². The van der Waals surface area contributed by atoms with Gasteiger partial charge in [0.1, 0.15) is 0 Å². The second-order valence-electron chi connectivity index (χ2n) is 5.75. The summed E-state index contributed by atoms with van der Waals surface area (Å²) in [6.07, 6.45) is 7.42. The van der Waals surface area contributed by atoms with Crippen LogP contribution in [0, 0.1) is 0 Å². The van der Waals surface area contributed by atoms with Gasteiger partial charge in [0.15, 0.2) is 5.69 Å². The average molecular weight is 332 g/mol. The molecule has 0 spiro atoms. The molecule has 1 amide bonds. The van der Waals surface area contributed by atoms with Crippen LogP contribution >= 0.6 is 0 Å². The van der Waals surface area contributed by atoms with Crippen molar-refractivity contribution in [2.24, 2.45) is 5.73 Å². The lowest BCUT2D eigenvalue weighted by molar-refractivity contribution is 0.0996. The summed E-state index contributed by atoms with van der Waals surface area (Å²) in [6.45, 7) is 0.612. The van der Waals surface area contributed by atoms with E-state index in [1.54, 1.807) is 6.20 Å². The number of nitrogens with one attached hydrogen (secondary N) is 2. The van der Waals surface area contributed by atoms with E-state index in [4.69, 9.17) is 11.5 Å². The van der Waals surface area contributed by atoms with E-state index in [0.29, 0.717) is 17.8 Å². The number of anilines is 1. The maximum atomic E-state index is 11.9. The highest BCUT2D eigenvalue weighted by Crippen LogP contribution is 2.34. The lowest BCUT2D eigenvalue weighted by atomic mass is 9.97. The first kappa shape index (κ1) is 14.9. The Kier molecular flexibility index (Phi) is 3.46. The molecule has 1 aromatic carbocycles. The van der Waals surface area contributed by atoms with E-state index in [2.05, 4.69) is 20.5 Å². The Morgan fingerprint density at radius 1 is 1.24 bits per heavy atom. The number of allylic oxidation sites excluding steroid dienone is 2. The summed E-state index contributed by atoms with van der Waals surface area (Å²) in [5.74, 6) is -0.653. The molecule has 6 N–H and O–H groups in total. The van der Waals surface area contributed by atoms with Crippen LogP contribution in [0.15, 0.2) is 48.8 Å². The molecule has 4 rings (SSSR count). The molecule has 0 aliphatic carbocycles. The van der Waals surface area contributed by atoms with Crippen LogP contribution in [-0.2, 0) is 0 Å². The first-order valence-corrected chi connectivity index (χ1v) is 7.77. The van der Waals surface area contributed by atoms with E-state index in [0.717, 1.165) is 22.0 Å². The molecule has 7 heteroatoms. The summed E-state index contributed by atoms with van der Waals surface area (Å²) < 4.78 is 0. The SMILES string of the molecule is NC(=O)c1nc(C2=CC=CNC2)cc(-c2cccc3[nH]ncc23)c1N. The zero-order chi connectivity index (χ0) is 17.4. The molecule has 0 bridgehead atoms. The van der Waals surface area contributed by atoms with Crippen molar-refractivity contribution in [2.45, 2.75) is 0 Å². The van der Waals surface area contributed by atoms with Crippen LogP contribution < -0.4 is 16.8 Å². The highest BCUT2D eigenvalue weighted by molar-refractivity contribution is 6.04. The Morgan fingerprint density at radius 2 is 2.12 bits per heavy atom. The van der Waals surface area contributed by atoms with E-state index in [9.17, 15) is 4.79 Å². The topological polar surface area (TPSA) is 123 Å². The summed E-state index contributed by atoms with van der Waals surface area (Å²) in [4.78, 5) is 16.3. The van der Waals surface area contributed by atoms with Crippen molar-refractivity contribution >= 4 is 28.1 Å². The number of primary amides is 1. The van der Waals surface area contributed by atoms with Gasteiger partial charge in [0, 0.05) is 17.5 Å². The van der Waals surface area contributed by atoms with Crippen molar-refractivity contribution in [1.82, 2.24) is 20.5 Å². The molecular formula is C18H16N6O. The van der Waals surface area contributed by atoms with Gasteiger partial charge in [0.05, 0.1) is 23.1 Å². The number of nitrogen functional groups attached to an aromatic ring is 1. The Balaban J connectivity index is 1.99. The predicted octanol–water partition coefficient (Wildman–Crippen LogP) is 1.81. The van der Waals surface area contributed by atoms with Gasteiger partial charge >= 0.3 is 0 Å². The Hall–Kier alpha value is -3.61. The third-order valence-electron chi connectivity index (χ3n) is 4.20. The lowest BCUT2D eigenvalue weighted by Crippen LogP contribution is -2.19. The molecular weight excluding hydrogens is 316 g/mol. The van der Waals surface area contributed by atoms with E-state index >= 15 is 0 Å². The number of fused-ring (bicyclic) bond motifs is 1. The number of hydrogen-bond donors (Lipinski definition) is 4. The third-order valence-corrected chi connectivity index (χ3v) is 4.20. The predicted molar refractivity (Wildman–Crippen MR) is 97.4 cm³/mol. The highest BCUT2D eigenvalue weighted by Gasteiger charge is 2.19. The number of rotatable bonds is 3. The minimum Gasteiger partial charge on any atom is -0.396 e. The Bertz CT molecular complexity index is 1050. The number of benzene rings is 1. The summed E-state index contributed by atoms with van der Waals surface area (Å²) in [6, 6.07) is 7.66. The molecule has 0 saturated carbocycles.